The van der Waals surface area contributed by atoms with Crippen LogP contribution in [0.3, 0.4) is 0 Å². The summed E-state index contributed by atoms with van der Waals surface area (Å²) in [5.74, 6) is -60.0. The third-order valence-electron chi connectivity index (χ3n) is 5.09. The van der Waals surface area contributed by atoms with Gasteiger partial charge in [-0.15, -0.1) is 0 Å². The lowest BCUT2D eigenvalue weighted by atomic mass is 10.2. The summed E-state index contributed by atoms with van der Waals surface area (Å²) in [6.45, 7) is 0. The quantitative estimate of drug-likeness (QED) is 0.147. The van der Waals surface area contributed by atoms with Crippen LogP contribution in [-0.4, -0.2) is 96.6 Å². The third kappa shape index (κ3) is 10.1. The van der Waals surface area contributed by atoms with Crippen LogP contribution >= 0.6 is 0 Å². The number of rotatable bonds is 15. The van der Waals surface area contributed by atoms with Crippen molar-refractivity contribution in [1.82, 2.24) is 0 Å². The normalized spacial score (nSPS) is 15.5. The van der Waals surface area contributed by atoms with Crippen LogP contribution in [0.1, 0.15) is 0 Å². The van der Waals surface area contributed by atoms with Crippen molar-refractivity contribution in [2.45, 2.75) is 54.1 Å². The van der Waals surface area contributed by atoms with Gasteiger partial charge in [0, 0.05) is 6.07 Å². The van der Waals surface area contributed by atoms with Gasteiger partial charge in [-0.05, 0) is 12.1 Å². The molecule has 0 unspecified atom stereocenters. The van der Waals surface area contributed by atoms with E-state index < -0.39 is 131 Å². The fourth-order valence-electron chi connectivity index (χ4n) is 2.74. The lowest BCUT2D eigenvalue weighted by molar-refractivity contribution is -0.348. The lowest BCUT2D eigenvalue weighted by Crippen LogP contribution is -2.55. The van der Waals surface area contributed by atoms with Crippen LogP contribution in [0.5, 0.6) is 17.2 Å². The minimum absolute atomic E-state index is 0.350. The molecular formula is C18H9F21O9S3. The molecule has 0 aliphatic heterocycles. The Morgan fingerprint density at radius 2 is 0.647 bits per heavy atom. The van der Waals surface area contributed by atoms with E-state index in [1.165, 1.54) is 0 Å². The average Bonchev–Trinajstić information content (AvgIpc) is 2.80. The van der Waals surface area contributed by atoms with Gasteiger partial charge in [-0.1, -0.05) is 0 Å². The van der Waals surface area contributed by atoms with Crippen LogP contribution in [0.4, 0.5) is 92.2 Å². The first-order valence-corrected chi connectivity index (χ1v) is 16.0. The second kappa shape index (κ2) is 13.1. The first-order valence-electron chi connectivity index (χ1n) is 11.2. The second-order valence-electron chi connectivity index (χ2n) is 9.29. The third-order valence-corrected chi connectivity index (χ3v) is 8.55. The minimum atomic E-state index is -7.28. The summed E-state index contributed by atoms with van der Waals surface area (Å²) in [7, 11) is -20.2. The van der Waals surface area contributed by atoms with Gasteiger partial charge >= 0.3 is 84.4 Å². The summed E-state index contributed by atoms with van der Waals surface area (Å²) in [4.78, 5) is 0. The standard InChI is InChI=1S/C18H9F21O9S3/c19-10(20,13(25,26)16(31,32)33)4-49(40,41)46-7-1-2-8(47-50(42,43)5-11(21,22)14(27,28)17(34,35)36)9(3-7)48-51(44,45)6-12(23,24)15(29,30)18(37,38)39/h1-3H,4-6H2. The number of halogens is 21. The maximum Gasteiger partial charge on any atom is 0.459 e. The molecule has 0 aliphatic carbocycles. The predicted molar refractivity (Wildman–Crippen MR) is 118 cm³/mol. The van der Waals surface area contributed by atoms with E-state index in [0.29, 0.717) is 0 Å². The maximum atomic E-state index is 13.7. The second-order valence-corrected chi connectivity index (χ2v) is 14.0. The Morgan fingerprint density at radius 3 is 0.922 bits per heavy atom. The van der Waals surface area contributed by atoms with Crippen molar-refractivity contribution in [3.63, 3.8) is 0 Å². The molecule has 0 N–H and O–H groups in total. The molecule has 0 saturated carbocycles. The largest absolute Gasteiger partial charge is 0.459 e. The molecule has 0 saturated heterocycles. The van der Waals surface area contributed by atoms with Crippen LogP contribution in [-0.2, 0) is 30.4 Å². The van der Waals surface area contributed by atoms with E-state index in [1.54, 1.807) is 0 Å². The van der Waals surface area contributed by atoms with Crippen molar-refractivity contribution < 1.29 is 130 Å². The number of hydrogen-bond acceptors (Lipinski definition) is 9. The van der Waals surface area contributed by atoms with Gasteiger partial charge in [0.05, 0.1) is 0 Å². The highest BCUT2D eigenvalue weighted by Crippen LogP contribution is 2.50. The summed E-state index contributed by atoms with van der Waals surface area (Å²) in [6, 6.07) is -1.63. The van der Waals surface area contributed by atoms with E-state index in [2.05, 4.69) is 12.5 Å². The highest BCUT2D eigenvalue weighted by molar-refractivity contribution is 7.87. The Morgan fingerprint density at radius 1 is 0.392 bits per heavy atom. The molecule has 0 heterocycles. The van der Waals surface area contributed by atoms with Crippen molar-refractivity contribution >= 4 is 30.4 Å². The van der Waals surface area contributed by atoms with Crippen LogP contribution in [0, 0.1) is 0 Å². The highest BCUT2D eigenvalue weighted by atomic mass is 32.2. The van der Waals surface area contributed by atoms with E-state index in [4.69, 9.17) is 0 Å². The van der Waals surface area contributed by atoms with E-state index in [0.717, 1.165) is 0 Å². The summed E-state index contributed by atoms with van der Waals surface area (Å²) < 4.78 is 354. The molecule has 33 heteroatoms. The van der Waals surface area contributed by atoms with Gasteiger partial charge in [0.25, 0.3) is 0 Å². The van der Waals surface area contributed by atoms with Gasteiger partial charge in [0.15, 0.2) is 28.8 Å². The van der Waals surface area contributed by atoms with Crippen LogP contribution in [0.15, 0.2) is 18.2 Å². The number of hydrogen-bond donors (Lipinski definition) is 0. The van der Waals surface area contributed by atoms with Crippen LogP contribution in [0.25, 0.3) is 0 Å². The van der Waals surface area contributed by atoms with Crippen molar-refractivity contribution in [3.8, 4) is 17.2 Å². The molecule has 9 nitrogen and oxygen atoms in total. The minimum Gasteiger partial charge on any atom is -0.382 e. The molecule has 1 aromatic carbocycles. The van der Waals surface area contributed by atoms with Gasteiger partial charge in [-0.3, -0.25) is 0 Å². The van der Waals surface area contributed by atoms with Crippen molar-refractivity contribution in [3.05, 3.63) is 18.2 Å². The van der Waals surface area contributed by atoms with Gasteiger partial charge in [-0.25, -0.2) is 0 Å². The fraction of sp³-hybridized carbons (Fsp3) is 0.667. The SMILES string of the molecule is O=S(=O)(CC(F)(F)C(F)(F)C(F)(F)F)Oc1ccc(OS(=O)(=O)CC(F)(F)C(F)(F)C(F)(F)F)c(OS(=O)(=O)CC(F)(F)C(F)(F)C(F)(F)F)c1. The Bertz CT molecular complexity index is 1760. The Hall–Kier alpha value is -3.00. The Kier molecular flexibility index (Phi) is 11.9. The van der Waals surface area contributed by atoms with Gasteiger partial charge in [0.2, 0.25) is 0 Å². The smallest absolute Gasteiger partial charge is 0.382 e. The first-order chi connectivity index (χ1) is 21.9. The molecule has 0 aromatic heterocycles. The lowest BCUT2D eigenvalue weighted by Gasteiger charge is -2.28. The molecule has 1 rings (SSSR count). The van der Waals surface area contributed by atoms with E-state index >= 15 is 0 Å². The molecule has 0 fully saturated rings. The molecule has 0 bridgehead atoms. The van der Waals surface area contributed by atoms with Crippen molar-refractivity contribution in [1.29, 1.82) is 0 Å². The maximum absolute atomic E-state index is 13.7. The Labute approximate surface area is 267 Å². The molecule has 300 valence electrons. The van der Waals surface area contributed by atoms with Crippen molar-refractivity contribution in [2.24, 2.45) is 0 Å². The molecule has 1 aromatic rings. The molecular weight excluding hydrogens is 855 g/mol. The fourth-order valence-corrected chi connectivity index (χ4v) is 6.01. The zero-order valence-electron chi connectivity index (χ0n) is 22.7. The number of alkyl halides is 21. The van der Waals surface area contributed by atoms with E-state index in [-0.39, 0.29) is 6.07 Å². The summed E-state index contributed by atoms with van der Waals surface area (Å²) >= 11 is 0. The van der Waals surface area contributed by atoms with Crippen molar-refractivity contribution in [2.75, 3.05) is 17.3 Å². The molecule has 0 spiro atoms. The predicted octanol–water partition coefficient (Wildman–Crippen LogP) is 6.31. The molecule has 0 atom stereocenters. The summed E-state index contributed by atoms with van der Waals surface area (Å²) in [6.07, 6.45) is -21.6. The Balaban J connectivity index is 3.77. The summed E-state index contributed by atoms with van der Waals surface area (Å²) in [5.41, 5.74) is 0. The van der Waals surface area contributed by atoms with Gasteiger partial charge < -0.3 is 12.5 Å². The van der Waals surface area contributed by atoms with Crippen LogP contribution < -0.4 is 12.5 Å². The topological polar surface area (TPSA) is 130 Å². The van der Waals surface area contributed by atoms with Gasteiger partial charge in [0.1, 0.15) is 5.75 Å². The monoisotopic (exact) mass is 864 g/mol. The van der Waals surface area contributed by atoms with E-state index in [9.17, 15) is 117 Å². The van der Waals surface area contributed by atoms with E-state index in [1.807, 2.05) is 0 Å². The number of benzene rings is 1. The average molecular weight is 864 g/mol. The first kappa shape index (κ1) is 46.0. The zero-order valence-corrected chi connectivity index (χ0v) is 25.1. The zero-order chi connectivity index (χ0) is 41.1. The molecule has 0 aliphatic rings. The molecule has 0 amide bonds. The highest BCUT2D eigenvalue weighted by Gasteiger charge is 2.76. The molecule has 51 heavy (non-hydrogen) atoms. The van der Waals surface area contributed by atoms with Crippen LogP contribution in [0.2, 0.25) is 0 Å². The summed E-state index contributed by atoms with van der Waals surface area (Å²) in [5, 5.41) is 0. The molecule has 0 radical (unpaired) electrons. The van der Waals surface area contributed by atoms with Gasteiger partial charge in [-0.2, -0.15) is 117 Å².